The number of fused-ring (bicyclic) bond motifs is 5. The van der Waals surface area contributed by atoms with Crippen molar-refractivity contribution in [2.24, 2.45) is 40.4 Å². The van der Waals surface area contributed by atoms with Crippen LogP contribution in [0.25, 0.3) is 0 Å². The molecular formula is C23H34BrNO2. The van der Waals surface area contributed by atoms with Crippen molar-refractivity contribution in [2.75, 3.05) is 6.54 Å². The summed E-state index contributed by atoms with van der Waals surface area (Å²) in [7, 11) is 0. The summed E-state index contributed by atoms with van der Waals surface area (Å²) in [5, 5.41) is 3.67. The van der Waals surface area contributed by atoms with E-state index in [1.54, 1.807) is 0 Å². The molecule has 0 bridgehead atoms. The number of carbonyl (C=O) groups excluding carboxylic acids is 2. The summed E-state index contributed by atoms with van der Waals surface area (Å²) in [4.78, 5) is 25.2. The van der Waals surface area contributed by atoms with Crippen LogP contribution in [0.3, 0.4) is 0 Å². The number of Topliss-reactive ketones (excluding diaryl/α,β-unsaturated/α-hetero) is 2. The van der Waals surface area contributed by atoms with Crippen LogP contribution < -0.4 is 5.32 Å². The van der Waals surface area contributed by atoms with Gasteiger partial charge in [0.15, 0.2) is 5.78 Å². The number of allylic oxidation sites excluding steroid dienone is 2. The third kappa shape index (κ3) is 2.88. The van der Waals surface area contributed by atoms with Gasteiger partial charge in [0.05, 0.1) is 4.48 Å². The van der Waals surface area contributed by atoms with Crippen LogP contribution in [-0.4, -0.2) is 18.1 Å². The van der Waals surface area contributed by atoms with Crippen molar-refractivity contribution in [1.29, 1.82) is 0 Å². The molecule has 1 saturated heterocycles. The number of hydrogen-bond acceptors (Lipinski definition) is 3. The Morgan fingerprint density at radius 3 is 2.63 bits per heavy atom. The van der Waals surface area contributed by atoms with Crippen molar-refractivity contribution in [3.05, 3.63) is 10.2 Å². The molecule has 4 heteroatoms. The zero-order valence-corrected chi connectivity index (χ0v) is 18.8. The Hall–Kier alpha value is -0.640. The third-order valence-corrected chi connectivity index (χ3v) is 9.51. The number of carbonyl (C=O) groups is 2. The molecule has 1 aliphatic heterocycles. The molecule has 3 unspecified atom stereocenters. The zero-order chi connectivity index (χ0) is 19.6. The van der Waals surface area contributed by atoms with Crippen molar-refractivity contribution < 1.29 is 9.59 Å². The second kappa shape index (κ2) is 6.71. The lowest BCUT2D eigenvalue weighted by Gasteiger charge is -2.58. The van der Waals surface area contributed by atoms with Crippen molar-refractivity contribution in [2.45, 2.75) is 72.6 Å². The maximum absolute atomic E-state index is 13.0. The molecule has 3 aliphatic carbocycles. The molecule has 3 nitrogen and oxygen atoms in total. The summed E-state index contributed by atoms with van der Waals surface area (Å²) in [5.41, 5.74) is 1.42. The molecule has 0 radical (unpaired) electrons. The molecule has 1 N–H and O–H groups in total. The van der Waals surface area contributed by atoms with E-state index in [2.05, 4.69) is 48.9 Å². The minimum Gasteiger partial charge on any atom is -0.387 e. The minimum absolute atomic E-state index is 0.0804. The lowest BCUT2D eigenvalue weighted by atomic mass is 9.49. The van der Waals surface area contributed by atoms with Crippen molar-refractivity contribution in [3.63, 3.8) is 0 Å². The van der Waals surface area contributed by atoms with Gasteiger partial charge in [-0.25, -0.2) is 0 Å². The van der Waals surface area contributed by atoms with Gasteiger partial charge in [-0.1, -0.05) is 27.7 Å². The van der Waals surface area contributed by atoms with Crippen LogP contribution in [0.2, 0.25) is 0 Å². The maximum atomic E-state index is 13.0. The summed E-state index contributed by atoms with van der Waals surface area (Å²) in [5.74, 6) is 3.37. The Bertz CT molecular complexity index is 698. The fraction of sp³-hybridized carbons (Fsp3) is 0.826. The van der Waals surface area contributed by atoms with E-state index in [9.17, 15) is 9.59 Å². The molecule has 4 aliphatic rings. The third-order valence-electron chi connectivity index (χ3n) is 8.67. The van der Waals surface area contributed by atoms with Crippen molar-refractivity contribution >= 4 is 27.5 Å². The summed E-state index contributed by atoms with van der Waals surface area (Å²) in [6.07, 6.45) is 6.99. The SMILES string of the molecule is CC(C)CC(=O)[C@H]1CCC2C3CNC4=C(Br)C(=O)CC[C@]4(C)C3CC[C@@]21C. The van der Waals surface area contributed by atoms with Crippen LogP contribution >= 0.6 is 15.9 Å². The highest BCUT2D eigenvalue weighted by Gasteiger charge is 2.60. The second-order valence-corrected chi connectivity index (χ2v) is 11.3. The summed E-state index contributed by atoms with van der Waals surface area (Å²) < 4.78 is 0.791. The van der Waals surface area contributed by atoms with E-state index in [0.717, 1.165) is 36.0 Å². The average molecular weight is 436 g/mol. The normalized spacial score (nSPS) is 43.9. The average Bonchev–Trinajstić information content (AvgIpc) is 2.95. The van der Waals surface area contributed by atoms with Gasteiger partial charge in [-0.05, 0) is 77.1 Å². The molecule has 1 heterocycles. The molecule has 4 rings (SSSR count). The van der Waals surface area contributed by atoms with Gasteiger partial charge in [0.2, 0.25) is 0 Å². The Labute approximate surface area is 172 Å². The standard InChI is InChI=1S/C23H34BrNO2/c1-13(2)11-19(27)17-6-5-15-14-12-25-21-20(24)18(26)8-10-23(21,4)16(14)7-9-22(15,17)3/h13-17,25H,5-12H2,1-4H3/t14?,15?,16?,17-,22+,23-/m1/s1. The Morgan fingerprint density at radius 2 is 1.93 bits per heavy atom. The second-order valence-electron chi connectivity index (χ2n) is 10.5. The summed E-state index contributed by atoms with van der Waals surface area (Å²) in [6.45, 7) is 10.1. The highest BCUT2D eigenvalue weighted by Crippen LogP contribution is 2.65. The van der Waals surface area contributed by atoms with E-state index in [1.807, 2.05) is 0 Å². The van der Waals surface area contributed by atoms with Gasteiger partial charge in [0.1, 0.15) is 5.78 Å². The molecule has 0 aromatic heterocycles. The van der Waals surface area contributed by atoms with E-state index in [1.165, 1.54) is 19.3 Å². The number of nitrogens with one attached hydrogen (secondary N) is 1. The summed E-state index contributed by atoms with van der Waals surface area (Å²) >= 11 is 3.59. The van der Waals surface area contributed by atoms with Gasteiger partial charge >= 0.3 is 0 Å². The van der Waals surface area contributed by atoms with E-state index in [0.29, 0.717) is 35.9 Å². The van der Waals surface area contributed by atoms with E-state index >= 15 is 0 Å². The monoisotopic (exact) mass is 435 g/mol. The minimum atomic E-state index is 0.0804. The molecular weight excluding hydrogens is 402 g/mol. The molecule has 150 valence electrons. The van der Waals surface area contributed by atoms with Crippen LogP contribution in [0.1, 0.15) is 72.6 Å². The maximum Gasteiger partial charge on any atom is 0.171 e. The first kappa shape index (κ1) is 19.7. The fourth-order valence-corrected chi connectivity index (χ4v) is 8.10. The van der Waals surface area contributed by atoms with Crippen LogP contribution in [0.4, 0.5) is 0 Å². The van der Waals surface area contributed by atoms with E-state index in [-0.39, 0.29) is 22.5 Å². The van der Waals surface area contributed by atoms with Crippen LogP contribution in [0, 0.1) is 40.4 Å². The molecule has 0 aromatic carbocycles. The fourth-order valence-electron chi connectivity index (χ4n) is 7.31. The molecule has 0 amide bonds. The Kier molecular flexibility index (Phi) is 4.89. The van der Waals surface area contributed by atoms with Crippen molar-refractivity contribution in [3.8, 4) is 0 Å². The van der Waals surface area contributed by atoms with Crippen LogP contribution in [0.15, 0.2) is 10.2 Å². The number of ketones is 2. The van der Waals surface area contributed by atoms with Crippen LogP contribution in [-0.2, 0) is 9.59 Å². The molecule has 0 aromatic rings. The predicted molar refractivity (Wildman–Crippen MR) is 111 cm³/mol. The predicted octanol–water partition coefficient (Wildman–Crippen LogP) is 5.24. The molecule has 2 saturated carbocycles. The lowest BCUT2D eigenvalue weighted by molar-refractivity contribution is -0.131. The van der Waals surface area contributed by atoms with Gasteiger partial charge in [-0.15, -0.1) is 0 Å². The molecule has 6 atom stereocenters. The van der Waals surface area contributed by atoms with Gasteiger partial charge in [0.25, 0.3) is 0 Å². The summed E-state index contributed by atoms with van der Waals surface area (Å²) in [6, 6.07) is 0. The number of halogens is 1. The largest absolute Gasteiger partial charge is 0.387 e. The first-order chi connectivity index (χ1) is 12.7. The zero-order valence-electron chi connectivity index (χ0n) is 17.2. The van der Waals surface area contributed by atoms with E-state index in [4.69, 9.17) is 0 Å². The highest BCUT2D eigenvalue weighted by molar-refractivity contribution is 9.12. The van der Waals surface area contributed by atoms with Gasteiger partial charge in [0, 0.05) is 36.4 Å². The lowest BCUT2D eigenvalue weighted by Crippen LogP contribution is -2.57. The van der Waals surface area contributed by atoms with Crippen LogP contribution in [0.5, 0.6) is 0 Å². The Balaban J connectivity index is 1.62. The number of rotatable bonds is 3. The van der Waals surface area contributed by atoms with E-state index < -0.39 is 0 Å². The smallest absolute Gasteiger partial charge is 0.171 e. The first-order valence-electron chi connectivity index (χ1n) is 10.9. The Morgan fingerprint density at radius 1 is 1.19 bits per heavy atom. The highest BCUT2D eigenvalue weighted by atomic mass is 79.9. The molecule has 27 heavy (non-hydrogen) atoms. The van der Waals surface area contributed by atoms with Gasteiger partial charge in [-0.2, -0.15) is 0 Å². The first-order valence-corrected chi connectivity index (χ1v) is 11.7. The van der Waals surface area contributed by atoms with Gasteiger partial charge in [-0.3, -0.25) is 9.59 Å². The molecule has 3 fully saturated rings. The van der Waals surface area contributed by atoms with Gasteiger partial charge < -0.3 is 5.32 Å². The topological polar surface area (TPSA) is 46.2 Å². The molecule has 0 spiro atoms. The van der Waals surface area contributed by atoms with Crippen molar-refractivity contribution in [1.82, 2.24) is 5.32 Å². The number of hydrogen-bond donors (Lipinski definition) is 1. The number of piperidine rings is 1. The quantitative estimate of drug-likeness (QED) is 0.658.